The first kappa shape index (κ1) is 13.5. The van der Waals surface area contributed by atoms with Crippen molar-refractivity contribution in [3.8, 4) is 0 Å². The van der Waals surface area contributed by atoms with Gasteiger partial charge in [0.15, 0.2) is 0 Å². The molecular formula is C15H19F2N3. The van der Waals surface area contributed by atoms with Gasteiger partial charge in [-0.25, -0.2) is 8.78 Å². The van der Waals surface area contributed by atoms with E-state index >= 15 is 0 Å². The molecule has 2 aromatic rings. The molecule has 1 fully saturated rings. The van der Waals surface area contributed by atoms with Gasteiger partial charge in [0.2, 0.25) is 0 Å². The van der Waals surface area contributed by atoms with E-state index in [-0.39, 0.29) is 0 Å². The van der Waals surface area contributed by atoms with E-state index in [9.17, 15) is 8.78 Å². The molecular weight excluding hydrogens is 260 g/mol. The molecule has 108 valence electrons. The summed E-state index contributed by atoms with van der Waals surface area (Å²) in [7, 11) is 0. The van der Waals surface area contributed by atoms with Crippen molar-refractivity contribution in [2.24, 2.45) is 0 Å². The van der Waals surface area contributed by atoms with E-state index in [0.29, 0.717) is 13.1 Å². The maximum Gasteiger partial charge on any atom is 0.258 e. The minimum absolute atomic E-state index is 0.661. The van der Waals surface area contributed by atoms with Crippen LogP contribution in [0.15, 0.2) is 24.3 Å². The minimum atomic E-state index is -2.38. The highest BCUT2D eigenvalue weighted by Crippen LogP contribution is 2.35. The van der Waals surface area contributed by atoms with Crippen LogP contribution in [0.2, 0.25) is 0 Å². The van der Waals surface area contributed by atoms with Gasteiger partial charge in [0.25, 0.3) is 6.43 Å². The molecule has 0 bridgehead atoms. The highest BCUT2D eigenvalue weighted by atomic mass is 19.3. The number of para-hydroxylation sites is 1. The number of aromatic nitrogens is 1. The molecule has 1 aromatic carbocycles. The fourth-order valence-electron chi connectivity index (χ4n) is 3.11. The summed E-state index contributed by atoms with van der Waals surface area (Å²) >= 11 is 0. The van der Waals surface area contributed by atoms with Gasteiger partial charge in [-0.15, -0.1) is 0 Å². The first-order valence-corrected chi connectivity index (χ1v) is 6.98. The number of fused-ring (bicyclic) bond motifs is 1. The number of aryl methyl sites for hydroxylation is 1. The first-order chi connectivity index (χ1) is 9.68. The number of benzene rings is 1. The fraction of sp³-hybridized carbons (Fsp3) is 0.467. The zero-order chi connectivity index (χ0) is 14.1. The molecule has 0 spiro atoms. The van der Waals surface area contributed by atoms with E-state index < -0.39 is 12.5 Å². The van der Waals surface area contributed by atoms with Crippen molar-refractivity contribution in [1.29, 1.82) is 0 Å². The molecule has 5 heteroatoms. The quantitative estimate of drug-likeness (QED) is 0.905. The van der Waals surface area contributed by atoms with Gasteiger partial charge >= 0.3 is 0 Å². The molecule has 0 amide bonds. The number of nitrogens with zero attached hydrogens (tertiary/aromatic N) is 1. The van der Waals surface area contributed by atoms with Crippen molar-refractivity contribution in [2.45, 2.75) is 19.4 Å². The maximum atomic E-state index is 13.7. The Morgan fingerprint density at radius 1 is 1.15 bits per heavy atom. The van der Waals surface area contributed by atoms with E-state index in [4.69, 9.17) is 0 Å². The number of halogens is 2. The molecule has 0 unspecified atom stereocenters. The largest absolute Gasteiger partial charge is 0.358 e. The smallest absolute Gasteiger partial charge is 0.258 e. The van der Waals surface area contributed by atoms with Gasteiger partial charge in [-0.1, -0.05) is 18.2 Å². The van der Waals surface area contributed by atoms with Gasteiger partial charge in [-0.05, 0) is 13.0 Å². The van der Waals surface area contributed by atoms with Crippen LogP contribution in [0.1, 0.15) is 17.3 Å². The molecule has 0 saturated carbocycles. The van der Waals surface area contributed by atoms with E-state index in [0.717, 1.165) is 35.2 Å². The number of alkyl halides is 2. The molecule has 1 saturated heterocycles. The van der Waals surface area contributed by atoms with Crippen LogP contribution < -0.4 is 5.32 Å². The van der Waals surface area contributed by atoms with Crippen molar-refractivity contribution >= 4 is 10.9 Å². The Hall–Kier alpha value is -1.46. The highest BCUT2D eigenvalue weighted by molar-refractivity contribution is 5.85. The van der Waals surface area contributed by atoms with Gasteiger partial charge in [-0.2, -0.15) is 0 Å². The molecule has 1 aliphatic heterocycles. The number of aromatic amines is 1. The van der Waals surface area contributed by atoms with Crippen molar-refractivity contribution in [3.05, 3.63) is 35.5 Å². The summed E-state index contributed by atoms with van der Waals surface area (Å²) in [6.07, 6.45) is -2.38. The molecule has 2 heterocycles. The second-order valence-corrected chi connectivity index (χ2v) is 5.27. The lowest BCUT2D eigenvalue weighted by Gasteiger charge is -2.34. The van der Waals surface area contributed by atoms with Crippen LogP contribution in [-0.2, 0) is 0 Å². The third kappa shape index (κ3) is 2.31. The highest BCUT2D eigenvalue weighted by Gasteiger charge is 2.33. The van der Waals surface area contributed by atoms with Crippen LogP contribution in [-0.4, -0.2) is 42.5 Å². The van der Waals surface area contributed by atoms with Gasteiger partial charge in [-0.3, -0.25) is 4.90 Å². The summed E-state index contributed by atoms with van der Waals surface area (Å²) in [4.78, 5) is 5.12. The molecule has 0 radical (unpaired) electrons. The topological polar surface area (TPSA) is 31.1 Å². The van der Waals surface area contributed by atoms with Crippen LogP contribution >= 0.6 is 0 Å². The Balaban J connectivity index is 2.07. The number of nitrogens with one attached hydrogen (secondary N) is 2. The maximum absolute atomic E-state index is 13.7. The second-order valence-electron chi connectivity index (χ2n) is 5.27. The van der Waals surface area contributed by atoms with Crippen molar-refractivity contribution in [2.75, 3.05) is 26.2 Å². The Kier molecular flexibility index (Phi) is 3.72. The van der Waals surface area contributed by atoms with Crippen molar-refractivity contribution in [3.63, 3.8) is 0 Å². The minimum Gasteiger partial charge on any atom is -0.358 e. The number of rotatable bonds is 3. The molecule has 2 N–H and O–H groups in total. The van der Waals surface area contributed by atoms with Gasteiger partial charge in [0.1, 0.15) is 0 Å². The Morgan fingerprint density at radius 2 is 1.85 bits per heavy atom. The molecule has 3 nitrogen and oxygen atoms in total. The van der Waals surface area contributed by atoms with Gasteiger partial charge in [0.05, 0.1) is 6.04 Å². The van der Waals surface area contributed by atoms with E-state index in [1.165, 1.54) is 0 Å². The van der Waals surface area contributed by atoms with E-state index in [2.05, 4.69) is 10.3 Å². The predicted molar refractivity (Wildman–Crippen MR) is 76.2 cm³/mol. The summed E-state index contributed by atoms with van der Waals surface area (Å²) in [6.45, 7) is 4.74. The lowest BCUT2D eigenvalue weighted by Crippen LogP contribution is -2.47. The number of H-pyrrole nitrogens is 1. The van der Waals surface area contributed by atoms with Crippen LogP contribution in [0.4, 0.5) is 8.78 Å². The lowest BCUT2D eigenvalue weighted by atomic mass is 10.0. The molecule has 3 rings (SSSR count). The Morgan fingerprint density at radius 3 is 2.55 bits per heavy atom. The van der Waals surface area contributed by atoms with E-state index in [1.54, 1.807) is 0 Å². The van der Waals surface area contributed by atoms with Crippen LogP contribution in [0, 0.1) is 6.92 Å². The van der Waals surface area contributed by atoms with E-state index in [1.807, 2.05) is 36.1 Å². The Labute approximate surface area is 117 Å². The van der Waals surface area contributed by atoms with Crippen LogP contribution in [0.3, 0.4) is 0 Å². The number of hydrogen-bond acceptors (Lipinski definition) is 2. The van der Waals surface area contributed by atoms with Crippen molar-refractivity contribution in [1.82, 2.24) is 15.2 Å². The van der Waals surface area contributed by atoms with Crippen LogP contribution in [0.5, 0.6) is 0 Å². The average molecular weight is 279 g/mol. The molecule has 1 aliphatic rings. The fourth-order valence-corrected chi connectivity index (χ4v) is 3.11. The van der Waals surface area contributed by atoms with Gasteiger partial charge < -0.3 is 10.3 Å². The summed E-state index contributed by atoms with van der Waals surface area (Å²) in [5.74, 6) is 0. The third-order valence-corrected chi connectivity index (χ3v) is 4.02. The van der Waals surface area contributed by atoms with Crippen LogP contribution in [0.25, 0.3) is 10.9 Å². The first-order valence-electron chi connectivity index (χ1n) is 6.98. The predicted octanol–water partition coefficient (Wildman–Crippen LogP) is 2.69. The number of hydrogen-bond donors (Lipinski definition) is 2. The zero-order valence-electron chi connectivity index (χ0n) is 11.5. The number of piperazine rings is 1. The second kappa shape index (κ2) is 5.50. The van der Waals surface area contributed by atoms with Crippen molar-refractivity contribution < 1.29 is 8.78 Å². The SMILES string of the molecule is Cc1[nH]c2ccccc2c1[C@@H](C(F)F)N1CCNCC1. The summed E-state index contributed by atoms with van der Waals surface area (Å²) in [5, 5.41) is 4.12. The summed E-state index contributed by atoms with van der Waals surface area (Å²) in [6, 6.07) is 6.86. The monoisotopic (exact) mass is 279 g/mol. The average Bonchev–Trinajstić information content (AvgIpc) is 2.77. The Bertz CT molecular complexity index is 588. The molecule has 1 atom stereocenters. The summed E-state index contributed by atoms with van der Waals surface area (Å²) < 4.78 is 27.4. The van der Waals surface area contributed by atoms with Gasteiger partial charge in [0, 0.05) is 48.3 Å². The normalized spacial score (nSPS) is 18.8. The summed E-state index contributed by atoms with van der Waals surface area (Å²) in [5.41, 5.74) is 2.52. The standard InChI is InChI=1S/C15H19F2N3/c1-10-13(11-4-2-3-5-12(11)19-10)14(15(16)17)20-8-6-18-7-9-20/h2-5,14-15,18-19H,6-9H2,1H3/t14-/m0/s1. The molecule has 20 heavy (non-hydrogen) atoms. The lowest BCUT2D eigenvalue weighted by molar-refractivity contribution is 0.0186. The molecule has 0 aliphatic carbocycles. The zero-order valence-corrected chi connectivity index (χ0v) is 11.5. The third-order valence-electron chi connectivity index (χ3n) is 4.02. The molecule has 1 aromatic heterocycles.